The van der Waals surface area contributed by atoms with Gasteiger partial charge in [-0.15, -0.1) is 0 Å². The molecule has 2 N–H and O–H groups in total. The number of aromatic amines is 1. The van der Waals surface area contributed by atoms with Crippen LogP contribution in [0.3, 0.4) is 0 Å². The summed E-state index contributed by atoms with van der Waals surface area (Å²) in [6.45, 7) is 2.20. The molecule has 5 fully saturated rings. The van der Waals surface area contributed by atoms with E-state index in [1.807, 2.05) is 22.7 Å². The van der Waals surface area contributed by atoms with E-state index in [2.05, 4.69) is 21.3 Å². The van der Waals surface area contributed by atoms with Gasteiger partial charge in [0.2, 0.25) is 0 Å². The largest absolute Gasteiger partial charge is 0.351 e. The molecule has 0 atom stereocenters. The Hall–Kier alpha value is -1.93. The second-order valence-electron chi connectivity index (χ2n) is 11.4. The summed E-state index contributed by atoms with van der Waals surface area (Å²) in [6, 6.07) is 6.02. The molecule has 2 aromatic heterocycles. The number of nitrogens with zero attached hydrogens (tertiary/aromatic N) is 2. The highest BCUT2D eigenvalue weighted by Gasteiger charge is 2.52. The van der Waals surface area contributed by atoms with Gasteiger partial charge in [0.15, 0.2) is 11.2 Å². The molecule has 7 rings (SSSR count). The van der Waals surface area contributed by atoms with Crippen LogP contribution >= 0.6 is 0 Å². The summed E-state index contributed by atoms with van der Waals surface area (Å²) in [5.74, 6) is 2.96. The number of pyridine rings is 1. The van der Waals surface area contributed by atoms with Gasteiger partial charge in [0.1, 0.15) is 9.84 Å². The standard InChI is InChI=1S/C25H34N4O3S/c1-33(31,32)20-5-8-28(9-6-20)16-21-22-4-2-3-7-29(22)23(26-21)24(30)27-25-13-17-10-18(14-25)12-19(11-17)15-25/h2-4,7,17-20H,5-6,8-16H2,1H3,(H,27,30)/p+1. The van der Waals surface area contributed by atoms with Gasteiger partial charge in [0.05, 0.1) is 18.0 Å². The lowest BCUT2D eigenvalue weighted by Crippen LogP contribution is -2.60. The molecule has 2 aromatic rings. The van der Waals surface area contributed by atoms with Gasteiger partial charge >= 0.3 is 11.7 Å². The molecule has 0 radical (unpaired) electrons. The molecule has 0 unspecified atom stereocenters. The van der Waals surface area contributed by atoms with Gasteiger partial charge in [0.25, 0.3) is 0 Å². The number of imidazole rings is 1. The van der Waals surface area contributed by atoms with Gasteiger partial charge < -0.3 is 5.32 Å². The zero-order valence-corrected chi connectivity index (χ0v) is 20.2. The number of hydrogen-bond acceptors (Lipinski definition) is 4. The van der Waals surface area contributed by atoms with Crippen molar-refractivity contribution < 1.29 is 17.6 Å². The maximum Gasteiger partial charge on any atom is 0.351 e. The van der Waals surface area contributed by atoms with E-state index in [9.17, 15) is 13.2 Å². The number of fused-ring (bicyclic) bond motifs is 1. The first-order valence-electron chi connectivity index (χ1n) is 12.5. The van der Waals surface area contributed by atoms with Crippen LogP contribution in [0, 0.1) is 17.8 Å². The van der Waals surface area contributed by atoms with E-state index in [-0.39, 0.29) is 16.7 Å². The highest BCUT2D eigenvalue weighted by Crippen LogP contribution is 2.55. The first kappa shape index (κ1) is 21.6. The highest BCUT2D eigenvalue weighted by atomic mass is 32.2. The number of amides is 1. The molecule has 7 nitrogen and oxygen atoms in total. The molecule has 3 heterocycles. The van der Waals surface area contributed by atoms with E-state index in [1.54, 1.807) is 0 Å². The SMILES string of the molecule is CS(=O)(=O)C1CCN(Cc2[nH]c(C(=O)NC34CC5CC(CC(C5)C3)C4)[n+]3ccccc23)CC1. The topological polar surface area (TPSA) is 86.4 Å². The molecule has 1 aliphatic heterocycles. The molecule has 4 bridgehead atoms. The van der Waals surface area contributed by atoms with Crippen LogP contribution in [0.2, 0.25) is 0 Å². The molecule has 0 spiro atoms. The van der Waals surface area contributed by atoms with Crippen molar-refractivity contribution in [3.63, 3.8) is 0 Å². The summed E-state index contributed by atoms with van der Waals surface area (Å²) in [5, 5.41) is 3.27. The normalized spacial score (nSPS) is 32.5. The second-order valence-corrected chi connectivity index (χ2v) is 13.7. The fourth-order valence-corrected chi connectivity index (χ4v) is 8.79. The average Bonchev–Trinajstić information content (AvgIpc) is 3.11. The van der Waals surface area contributed by atoms with Crippen LogP contribution in [0.15, 0.2) is 24.4 Å². The van der Waals surface area contributed by atoms with E-state index in [1.165, 1.54) is 25.5 Å². The summed E-state index contributed by atoms with van der Waals surface area (Å²) in [7, 11) is -2.98. The number of likely N-dealkylation sites (tertiary alicyclic amines) is 1. The van der Waals surface area contributed by atoms with Gasteiger partial charge in [-0.05, 0) is 94.3 Å². The first-order chi connectivity index (χ1) is 15.8. The van der Waals surface area contributed by atoms with Crippen LogP contribution in [0.25, 0.3) is 5.52 Å². The lowest BCUT2D eigenvalue weighted by Gasteiger charge is -2.56. The Morgan fingerprint density at radius 3 is 2.36 bits per heavy atom. The van der Waals surface area contributed by atoms with Gasteiger partial charge in [-0.3, -0.25) is 9.69 Å². The molecular formula is C25H35N4O3S+. The number of carbonyl (C=O) groups is 1. The van der Waals surface area contributed by atoms with Crippen molar-refractivity contribution in [3.8, 4) is 0 Å². The minimum atomic E-state index is -2.98. The molecular weight excluding hydrogens is 436 g/mol. The van der Waals surface area contributed by atoms with E-state index in [0.29, 0.717) is 25.2 Å². The summed E-state index contributed by atoms with van der Waals surface area (Å²) < 4.78 is 25.8. The number of H-pyrrole nitrogens is 1. The molecule has 1 saturated heterocycles. The Balaban J connectivity index is 1.22. The monoisotopic (exact) mass is 471 g/mol. The van der Waals surface area contributed by atoms with Gasteiger partial charge in [-0.1, -0.05) is 6.07 Å². The lowest BCUT2D eigenvalue weighted by molar-refractivity contribution is -0.514. The Morgan fingerprint density at radius 1 is 1.12 bits per heavy atom. The van der Waals surface area contributed by atoms with E-state index in [0.717, 1.165) is 61.3 Å². The van der Waals surface area contributed by atoms with Crippen LogP contribution in [0.5, 0.6) is 0 Å². The van der Waals surface area contributed by atoms with Crippen molar-refractivity contribution >= 4 is 21.3 Å². The van der Waals surface area contributed by atoms with Crippen molar-refractivity contribution in [2.75, 3.05) is 19.3 Å². The smallest absolute Gasteiger partial charge is 0.340 e. The number of sulfone groups is 1. The van der Waals surface area contributed by atoms with Crippen LogP contribution in [-0.4, -0.2) is 54.3 Å². The third-order valence-corrected chi connectivity index (χ3v) is 10.5. The maximum atomic E-state index is 13.6. The number of nitrogens with one attached hydrogen (secondary N) is 2. The van der Waals surface area contributed by atoms with Crippen molar-refractivity contribution in [1.82, 2.24) is 15.2 Å². The minimum Gasteiger partial charge on any atom is -0.340 e. The van der Waals surface area contributed by atoms with Gasteiger partial charge in [-0.25, -0.2) is 13.4 Å². The Kier molecular flexibility index (Phi) is 5.11. The van der Waals surface area contributed by atoms with E-state index < -0.39 is 9.84 Å². The quantitative estimate of drug-likeness (QED) is 0.656. The van der Waals surface area contributed by atoms with Crippen molar-refractivity contribution in [2.24, 2.45) is 17.8 Å². The van der Waals surface area contributed by atoms with Crippen molar-refractivity contribution in [1.29, 1.82) is 0 Å². The Bertz CT molecular complexity index is 1140. The number of hydrogen-bond donors (Lipinski definition) is 2. The predicted octanol–water partition coefficient (Wildman–Crippen LogP) is 2.46. The third kappa shape index (κ3) is 3.99. The zero-order valence-electron chi connectivity index (χ0n) is 19.4. The second kappa shape index (κ2) is 7.80. The van der Waals surface area contributed by atoms with Crippen LogP contribution in [0.4, 0.5) is 0 Å². The molecule has 8 heteroatoms. The Labute approximate surface area is 195 Å². The predicted molar refractivity (Wildman–Crippen MR) is 125 cm³/mol. The van der Waals surface area contributed by atoms with Crippen LogP contribution in [-0.2, 0) is 16.4 Å². The number of carbonyl (C=O) groups excluding carboxylic acids is 1. The summed E-state index contributed by atoms with van der Waals surface area (Å²) >= 11 is 0. The fraction of sp³-hybridized carbons (Fsp3) is 0.680. The maximum absolute atomic E-state index is 13.6. The highest BCUT2D eigenvalue weighted by molar-refractivity contribution is 7.91. The molecule has 1 amide bonds. The molecule has 4 aliphatic carbocycles. The van der Waals surface area contributed by atoms with Gasteiger partial charge in [-0.2, -0.15) is 4.40 Å². The summed E-state index contributed by atoms with van der Waals surface area (Å²) in [5.41, 5.74) is 2.01. The molecule has 5 aliphatic rings. The number of rotatable bonds is 5. The van der Waals surface area contributed by atoms with E-state index >= 15 is 0 Å². The third-order valence-electron chi connectivity index (χ3n) is 8.83. The lowest BCUT2D eigenvalue weighted by atomic mass is 9.53. The average molecular weight is 472 g/mol. The molecule has 0 aromatic carbocycles. The Morgan fingerprint density at radius 2 is 1.76 bits per heavy atom. The molecule has 4 saturated carbocycles. The zero-order chi connectivity index (χ0) is 22.8. The van der Waals surface area contributed by atoms with Crippen molar-refractivity contribution in [3.05, 3.63) is 35.9 Å². The van der Waals surface area contributed by atoms with Crippen LogP contribution < -0.4 is 9.72 Å². The molecule has 178 valence electrons. The number of piperidine rings is 1. The summed E-state index contributed by atoms with van der Waals surface area (Å²) in [4.78, 5) is 19.3. The number of aromatic nitrogens is 2. The van der Waals surface area contributed by atoms with Crippen LogP contribution in [0.1, 0.15) is 67.7 Å². The molecule has 33 heavy (non-hydrogen) atoms. The fourth-order valence-electron chi connectivity index (χ4n) is 7.72. The first-order valence-corrected chi connectivity index (χ1v) is 14.5. The van der Waals surface area contributed by atoms with Crippen molar-refractivity contribution in [2.45, 2.75) is 68.7 Å². The van der Waals surface area contributed by atoms with E-state index in [4.69, 9.17) is 0 Å². The minimum absolute atomic E-state index is 0.000171. The van der Waals surface area contributed by atoms with Gasteiger partial charge in [0, 0.05) is 11.8 Å². The summed E-state index contributed by atoms with van der Waals surface area (Å²) in [6.07, 6.45) is 12.1.